The van der Waals surface area contributed by atoms with Gasteiger partial charge in [0, 0.05) is 22.9 Å². The third-order valence-corrected chi connectivity index (χ3v) is 4.07. The van der Waals surface area contributed by atoms with Crippen LogP contribution in [0.5, 0.6) is 0 Å². The van der Waals surface area contributed by atoms with E-state index in [0.29, 0.717) is 6.04 Å². The van der Waals surface area contributed by atoms with Crippen LogP contribution in [-0.2, 0) is 0 Å². The molecule has 2 rings (SSSR count). The second kappa shape index (κ2) is 3.72. The number of rotatable bonds is 1. The molecule has 0 saturated carbocycles. The van der Waals surface area contributed by atoms with E-state index in [0.717, 1.165) is 5.69 Å². The molecule has 0 bridgehead atoms. The first-order valence-corrected chi connectivity index (χ1v) is 6.17. The van der Waals surface area contributed by atoms with E-state index in [2.05, 4.69) is 11.9 Å². The van der Waals surface area contributed by atoms with Crippen LogP contribution in [-0.4, -0.2) is 16.8 Å². The van der Waals surface area contributed by atoms with Crippen LogP contribution in [0.15, 0.2) is 16.4 Å². The van der Waals surface area contributed by atoms with Gasteiger partial charge in [0.05, 0.1) is 4.88 Å². The Morgan fingerprint density at radius 2 is 2.46 bits per heavy atom. The maximum absolute atomic E-state index is 5.67. The van der Waals surface area contributed by atoms with E-state index in [1.165, 1.54) is 22.1 Å². The van der Waals surface area contributed by atoms with Crippen LogP contribution in [0.2, 0.25) is 0 Å². The third kappa shape index (κ3) is 2.06. The average Bonchev–Trinajstić information content (AvgIpc) is 2.52. The second-order valence-electron chi connectivity index (χ2n) is 3.16. The summed E-state index contributed by atoms with van der Waals surface area (Å²) in [7, 11) is 0. The molecule has 2 heterocycles. The summed E-state index contributed by atoms with van der Waals surface area (Å²) in [4.78, 5) is 5.82. The number of anilines is 1. The van der Waals surface area contributed by atoms with Crippen LogP contribution in [0, 0.1) is 0 Å². The van der Waals surface area contributed by atoms with Crippen molar-refractivity contribution in [1.29, 1.82) is 0 Å². The summed E-state index contributed by atoms with van der Waals surface area (Å²) in [5, 5.41) is 3.14. The summed E-state index contributed by atoms with van der Waals surface area (Å²) in [6.07, 6.45) is 1.19. The highest BCUT2D eigenvalue weighted by atomic mass is 32.2. The summed E-state index contributed by atoms with van der Waals surface area (Å²) in [6, 6.07) is 2.48. The normalized spacial score (nSPS) is 22.8. The zero-order chi connectivity index (χ0) is 9.26. The van der Waals surface area contributed by atoms with Crippen LogP contribution in [0.25, 0.3) is 0 Å². The lowest BCUT2D eigenvalue weighted by molar-refractivity contribution is 0.721. The minimum atomic E-state index is 0.472. The predicted octanol–water partition coefficient (Wildman–Crippen LogP) is 2.60. The van der Waals surface area contributed by atoms with Crippen molar-refractivity contribution < 1.29 is 0 Å². The number of nitrogens with zero attached hydrogens (tertiary/aromatic N) is 1. The molecule has 0 aromatic carbocycles. The zero-order valence-corrected chi connectivity index (χ0v) is 9.12. The number of aliphatic imine (C=N–C) groups is 1. The lowest BCUT2D eigenvalue weighted by Gasteiger charge is -2.15. The smallest absolute Gasteiger partial charge is 0.108 e. The summed E-state index contributed by atoms with van der Waals surface area (Å²) in [5.41, 5.74) is 6.51. The van der Waals surface area contributed by atoms with Crippen LogP contribution >= 0.6 is 23.1 Å². The van der Waals surface area contributed by atoms with Crippen molar-refractivity contribution >= 4 is 33.8 Å². The molecule has 1 aliphatic rings. The lowest BCUT2D eigenvalue weighted by Crippen LogP contribution is -2.11. The van der Waals surface area contributed by atoms with Gasteiger partial charge in [0.15, 0.2) is 0 Å². The largest absolute Gasteiger partial charge is 0.398 e. The highest BCUT2D eigenvalue weighted by molar-refractivity contribution is 8.14. The molecule has 4 heteroatoms. The van der Waals surface area contributed by atoms with Gasteiger partial charge in [-0.15, -0.1) is 23.1 Å². The summed E-state index contributed by atoms with van der Waals surface area (Å²) in [5.74, 6) is 1.18. The van der Waals surface area contributed by atoms with Gasteiger partial charge in [-0.2, -0.15) is 0 Å². The Bertz CT molecular complexity index is 330. The Morgan fingerprint density at radius 1 is 1.62 bits per heavy atom. The summed E-state index contributed by atoms with van der Waals surface area (Å²) in [6.45, 7) is 2.16. The van der Waals surface area contributed by atoms with E-state index in [1.807, 2.05) is 23.2 Å². The van der Waals surface area contributed by atoms with Gasteiger partial charge in [-0.1, -0.05) is 0 Å². The monoisotopic (exact) mass is 212 g/mol. The first kappa shape index (κ1) is 9.09. The Morgan fingerprint density at radius 3 is 3.08 bits per heavy atom. The first-order chi connectivity index (χ1) is 6.25. The van der Waals surface area contributed by atoms with Gasteiger partial charge in [-0.05, 0) is 19.4 Å². The van der Waals surface area contributed by atoms with Crippen molar-refractivity contribution in [1.82, 2.24) is 0 Å². The van der Waals surface area contributed by atoms with Gasteiger partial charge in [-0.3, -0.25) is 4.99 Å². The predicted molar refractivity (Wildman–Crippen MR) is 61.8 cm³/mol. The van der Waals surface area contributed by atoms with E-state index in [-0.39, 0.29) is 0 Å². The van der Waals surface area contributed by atoms with Crippen molar-refractivity contribution in [2.75, 3.05) is 11.5 Å². The minimum Gasteiger partial charge on any atom is -0.398 e. The van der Waals surface area contributed by atoms with Gasteiger partial charge in [0.2, 0.25) is 0 Å². The van der Waals surface area contributed by atoms with Crippen LogP contribution in [0.1, 0.15) is 18.2 Å². The molecule has 13 heavy (non-hydrogen) atoms. The average molecular weight is 212 g/mol. The number of thioether (sulfide) groups is 1. The molecule has 1 atom stereocenters. The fourth-order valence-corrected chi connectivity index (χ4v) is 3.34. The van der Waals surface area contributed by atoms with Gasteiger partial charge in [0.1, 0.15) is 5.04 Å². The van der Waals surface area contributed by atoms with Crippen molar-refractivity contribution in [3.8, 4) is 0 Å². The number of thiophene rings is 1. The van der Waals surface area contributed by atoms with Gasteiger partial charge >= 0.3 is 0 Å². The fourth-order valence-electron chi connectivity index (χ4n) is 1.23. The molecule has 1 aromatic rings. The molecule has 2 nitrogen and oxygen atoms in total. The molecule has 0 spiro atoms. The van der Waals surface area contributed by atoms with Gasteiger partial charge in [-0.25, -0.2) is 0 Å². The molecule has 2 N–H and O–H groups in total. The first-order valence-electron chi connectivity index (χ1n) is 4.30. The van der Waals surface area contributed by atoms with E-state index < -0.39 is 0 Å². The maximum Gasteiger partial charge on any atom is 0.108 e. The Hall–Kier alpha value is -0.480. The van der Waals surface area contributed by atoms with E-state index >= 15 is 0 Å². The molecule has 1 aliphatic heterocycles. The Labute approximate surface area is 86.2 Å². The molecular weight excluding hydrogens is 200 g/mol. The zero-order valence-electron chi connectivity index (χ0n) is 7.49. The third-order valence-electron chi connectivity index (χ3n) is 1.94. The fraction of sp³-hybridized carbons (Fsp3) is 0.444. The molecule has 70 valence electrons. The maximum atomic E-state index is 5.67. The molecule has 0 amide bonds. The number of hydrogen-bond acceptors (Lipinski definition) is 4. The highest BCUT2D eigenvalue weighted by Crippen LogP contribution is 2.27. The minimum absolute atomic E-state index is 0.472. The number of hydrogen-bond donors (Lipinski definition) is 1. The molecule has 0 saturated heterocycles. The summed E-state index contributed by atoms with van der Waals surface area (Å²) < 4.78 is 0. The standard InChI is InChI=1S/C9H12N2S2/c1-6-2-3-12-9(11-6)8-4-7(10)5-13-8/h4-6H,2-3,10H2,1H3. The molecule has 0 fully saturated rings. The van der Waals surface area contributed by atoms with Gasteiger partial charge in [0.25, 0.3) is 0 Å². The molecule has 1 unspecified atom stereocenters. The van der Waals surface area contributed by atoms with Crippen molar-refractivity contribution in [3.05, 3.63) is 16.3 Å². The van der Waals surface area contributed by atoms with E-state index in [9.17, 15) is 0 Å². The second-order valence-corrected chi connectivity index (χ2v) is 5.16. The topological polar surface area (TPSA) is 38.4 Å². The SMILES string of the molecule is CC1CCSC(c2cc(N)cs2)=N1. The quantitative estimate of drug-likeness (QED) is 0.777. The van der Waals surface area contributed by atoms with Crippen molar-refractivity contribution in [3.63, 3.8) is 0 Å². The number of nitrogen functional groups attached to an aromatic ring is 1. The van der Waals surface area contributed by atoms with Crippen LogP contribution in [0.4, 0.5) is 5.69 Å². The van der Waals surface area contributed by atoms with E-state index in [4.69, 9.17) is 5.73 Å². The lowest BCUT2D eigenvalue weighted by atomic mass is 10.3. The Balaban J connectivity index is 2.25. The van der Waals surface area contributed by atoms with Gasteiger partial charge < -0.3 is 5.73 Å². The van der Waals surface area contributed by atoms with Crippen molar-refractivity contribution in [2.45, 2.75) is 19.4 Å². The van der Waals surface area contributed by atoms with Crippen LogP contribution < -0.4 is 5.73 Å². The van der Waals surface area contributed by atoms with E-state index in [1.54, 1.807) is 11.3 Å². The van der Waals surface area contributed by atoms with Crippen LogP contribution in [0.3, 0.4) is 0 Å². The summed E-state index contributed by atoms with van der Waals surface area (Å²) >= 11 is 3.52. The number of nitrogens with two attached hydrogens (primary N) is 1. The molecular formula is C9H12N2S2. The molecule has 0 aliphatic carbocycles. The highest BCUT2D eigenvalue weighted by Gasteiger charge is 2.14. The molecule has 1 aromatic heterocycles. The Kier molecular flexibility index (Phi) is 2.60. The van der Waals surface area contributed by atoms with Crippen molar-refractivity contribution in [2.24, 2.45) is 4.99 Å². The molecule has 0 radical (unpaired) electrons.